The van der Waals surface area contributed by atoms with E-state index in [4.69, 9.17) is 28.1 Å². The number of alkyl carbamates (subject to hydrolysis) is 1. The van der Waals surface area contributed by atoms with E-state index in [2.05, 4.69) is 15.6 Å². The number of fused-ring (bicyclic) bond motifs is 2. The number of hydrogen-bond acceptors (Lipinski definition) is 12. The minimum atomic E-state index is -4.09. The second-order valence-electron chi connectivity index (χ2n) is 11.8. The number of carbonyl (C=O) groups is 1. The maximum absolute atomic E-state index is 13.9. The lowest BCUT2D eigenvalue weighted by molar-refractivity contribution is -0.0999. The highest BCUT2D eigenvalue weighted by Gasteiger charge is 2.50. The Bertz CT molecular complexity index is 1550. The first kappa shape index (κ1) is 34.0. The fourth-order valence-electron chi connectivity index (χ4n) is 5.70. The Morgan fingerprint density at radius 1 is 1.11 bits per heavy atom. The summed E-state index contributed by atoms with van der Waals surface area (Å²) < 4.78 is 62.5. The molecule has 5 rings (SSSR count). The average Bonchev–Trinajstić information content (AvgIpc) is 3.75. The number of hydrogen-bond donors (Lipinski definition) is 3. The van der Waals surface area contributed by atoms with E-state index in [1.54, 1.807) is 13.1 Å². The van der Waals surface area contributed by atoms with Gasteiger partial charge in [0.15, 0.2) is 11.9 Å². The molecule has 3 N–H and O–H groups in total. The number of nitrogens with zero attached hydrogens (tertiary/aromatic N) is 2. The summed E-state index contributed by atoms with van der Waals surface area (Å²) >= 11 is 0. The van der Waals surface area contributed by atoms with Gasteiger partial charge in [-0.25, -0.2) is 13.2 Å². The Morgan fingerprint density at radius 3 is 2.54 bits per heavy atom. The third-order valence-corrected chi connectivity index (χ3v) is 9.75. The maximum Gasteiger partial charge on any atom is 0.407 e. The van der Waals surface area contributed by atoms with Crippen LogP contribution in [0.15, 0.2) is 57.8 Å². The topological polar surface area (TPSA) is 171 Å². The monoisotopic (exact) mass is 662 g/mol. The van der Waals surface area contributed by atoms with E-state index in [1.807, 2.05) is 44.2 Å². The molecule has 3 aromatic rings. The van der Waals surface area contributed by atoms with Crippen molar-refractivity contribution >= 4 is 33.2 Å². The van der Waals surface area contributed by atoms with E-state index in [0.29, 0.717) is 11.1 Å². The maximum atomic E-state index is 13.9. The normalized spacial score (nSPS) is 22.7. The Hall–Kier alpha value is -3.31. The molecule has 0 aliphatic carbocycles. The number of aliphatic hydroxyl groups excluding tert-OH is 1. The number of rotatable bonds is 15. The molecule has 252 valence electrons. The van der Waals surface area contributed by atoms with Crippen molar-refractivity contribution in [3.63, 3.8) is 0 Å². The van der Waals surface area contributed by atoms with E-state index >= 15 is 0 Å². The van der Waals surface area contributed by atoms with Crippen molar-refractivity contribution < 1.29 is 46.4 Å². The molecule has 15 heteroatoms. The number of carbonyl (C=O) groups excluding carboxylic acids is 1. The summed E-state index contributed by atoms with van der Waals surface area (Å²) in [6, 6.07) is 13.1. The lowest BCUT2D eigenvalue weighted by Gasteiger charge is -2.31. The van der Waals surface area contributed by atoms with Gasteiger partial charge in [0.1, 0.15) is 18.4 Å². The second-order valence-corrected chi connectivity index (χ2v) is 13.7. The minimum absolute atomic E-state index is 0.00144. The van der Waals surface area contributed by atoms with Crippen LogP contribution in [0.4, 0.5) is 10.8 Å². The Balaban J connectivity index is 1.33. The number of sulfonamides is 1. The first-order valence-corrected chi connectivity index (χ1v) is 16.6. The van der Waals surface area contributed by atoms with Crippen molar-refractivity contribution in [1.29, 1.82) is 0 Å². The summed E-state index contributed by atoms with van der Waals surface area (Å²) in [6.45, 7) is 4.07. The summed E-state index contributed by atoms with van der Waals surface area (Å²) in [7, 11) is -0.924. The molecular weight excluding hydrogens is 620 g/mol. The van der Waals surface area contributed by atoms with Crippen molar-refractivity contribution in [2.75, 3.05) is 52.6 Å². The van der Waals surface area contributed by atoms with Crippen LogP contribution >= 0.6 is 0 Å². The zero-order valence-electron chi connectivity index (χ0n) is 26.3. The summed E-state index contributed by atoms with van der Waals surface area (Å²) in [4.78, 5) is 17.5. The van der Waals surface area contributed by atoms with E-state index < -0.39 is 40.7 Å². The van der Waals surface area contributed by atoms with Crippen molar-refractivity contribution in [3.05, 3.63) is 54.1 Å². The molecule has 14 nitrogen and oxygen atoms in total. The third-order valence-electron chi connectivity index (χ3n) is 7.92. The number of nitrogens with one attached hydrogen (secondary N) is 2. The van der Waals surface area contributed by atoms with Gasteiger partial charge in [0.2, 0.25) is 10.0 Å². The number of benzene rings is 2. The fraction of sp³-hybridized carbons (Fsp3) is 0.548. The number of amides is 1. The first-order valence-electron chi connectivity index (χ1n) is 15.2. The number of methoxy groups -OCH3 is 1. The van der Waals surface area contributed by atoms with E-state index in [0.717, 1.165) is 5.56 Å². The third kappa shape index (κ3) is 7.97. The van der Waals surface area contributed by atoms with E-state index in [9.17, 15) is 18.3 Å². The molecular formula is C31H42N4O10S. The molecule has 0 saturated carbocycles. The summed E-state index contributed by atoms with van der Waals surface area (Å²) in [6.07, 6.45) is -3.46. The van der Waals surface area contributed by atoms with Gasteiger partial charge in [-0.3, -0.25) is 0 Å². The standard InChI is InChI=1S/C31H42N4O10S/c1-19(2)14-35(46(38,39)21-10-11-22-25(13-21)44-30(32-3)33-22)15-24(36)23(12-20-8-6-5-7-9-20)34-31(37)45-27-17-42-29-28(27)26(16-41-29)43-18-40-4/h5-11,13,19,23-24,26-29,36H,12,14-18H2,1-4H3,(H,32,33)(H,34,37)/t23-,24+,26-,27-,28-,29+/m0/s1. The van der Waals surface area contributed by atoms with Crippen molar-refractivity contribution in [3.8, 4) is 0 Å². The Kier molecular flexibility index (Phi) is 11.1. The molecule has 2 aromatic carbocycles. The van der Waals surface area contributed by atoms with Gasteiger partial charge >= 0.3 is 6.09 Å². The summed E-state index contributed by atoms with van der Waals surface area (Å²) in [5.41, 5.74) is 1.65. The lowest BCUT2D eigenvalue weighted by atomic mass is 10.00. The van der Waals surface area contributed by atoms with Gasteiger partial charge in [0.05, 0.1) is 42.3 Å². The van der Waals surface area contributed by atoms with Gasteiger partial charge in [-0.05, 0) is 30.0 Å². The predicted molar refractivity (Wildman–Crippen MR) is 166 cm³/mol. The Morgan fingerprint density at radius 2 is 1.85 bits per heavy atom. The van der Waals surface area contributed by atoms with Gasteiger partial charge in [-0.15, -0.1) is 0 Å². The molecule has 2 aliphatic rings. The van der Waals surface area contributed by atoms with Gasteiger partial charge in [0, 0.05) is 33.3 Å². The molecule has 1 aromatic heterocycles. The van der Waals surface area contributed by atoms with Crippen LogP contribution in [0.25, 0.3) is 11.1 Å². The highest BCUT2D eigenvalue weighted by atomic mass is 32.2. The van der Waals surface area contributed by atoms with Crippen LogP contribution in [0.5, 0.6) is 0 Å². The smallest absolute Gasteiger partial charge is 0.407 e. The first-order chi connectivity index (χ1) is 22.1. The summed E-state index contributed by atoms with van der Waals surface area (Å²) in [5.74, 6) is -0.412. The van der Waals surface area contributed by atoms with Gasteiger partial charge in [-0.2, -0.15) is 9.29 Å². The number of aliphatic hydroxyl groups is 1. The predicted octanol–water partition coefficient (Wildman–Crippen LogP) is 2.58. The molecule has 2 aliphatic heterocycles. The molecule has 0 radical (unpaired) electrons. The van der Waals surface area contributed by atoms with Crippen molar-refractivity contribution in [2.24, 2.45) is 11.8 Å². The number of anilines is 1. The van der Waals surface area contributed by atoms with Crippen molar-refractivity contribution in [2.45, 2.75) is 55.8 Å². The largest absolute Gasteiger partial charge is 0.443 e. The molecule has 0 bridgehead atoms. The second kappa shape index (κ2) is 15.1. The fourth-order valence-corrected chi connectivity index (χ4v) is 7.34. The summed E-state index contributed by atoms with van der Waals surface area (Å²) in [5, 5.41) is 17.2. The van der Waals surface area contributed by atoms with Gasteiger partial charge < -0.3 is 43.8 Å². The molecule has 3 heterocycles. The molecule has 6 atom stereocenters. The average molecular weight is 663 g/mol. The SMILES string of the molecule is CNc1nc2ccc(S(=O)(=O)N(CC(C)C)C[C@@H](O)[C@H](Cc3ccccc3)NC(=O)O[C@H]3CO[C@H]4OC[C@H](OCOC)[C@H]43)cc2o1. The van der Waals surface area contributed by atoms with E-state index in [-0.39, 0.29) is 68.4 Å². The van der Waals surface area contributed by atoms with Crippen molar-refractivity contribution in [1.82, 2.24) is 14.6 Å². The molecule has 0 unspecified atom stereocenters. The van der Waals surface area contributed by atoms with E-state index in [1.165, 1.54) is 23.5 Å². The highest BCUT2D eigenvalue weighted by Crippen LogP contribution is 2.35. The van der Waals surface area contributed by atoms with Crippen LogP contribution in [0.2, 0.25) is 0 Å². The zero-order chi connectivity index (χ0) is 32.8. The number of aromatic nitrogens is 1. The lowest BCUT2D eigenvalue weighted by Crippen LogP contribution is -2.52. The molecule has 46 heavy (non-hydrogen) atoms. The minimum Gasteiger partial charge on any atom is -0.443 e. The van der Waals surface area contributed by atoms with Crippen LogP contribution in [-0.4, -0.2) is 107 Å². The van der Waals surface area contributed by atoms with Crippen LogP contribution in [-0.2, 0) is 40.1 Å². The molecule has 1 amide bonds. The number of ether oxygens (including phenoxy) is 5. The van der Waals surface area contributed by atoms with Gasteiger partial charge in [-0.1, -0.05) is 44.2 Å². The van der Waals surface area contributed by atoms with Crippen LogP contribution in [0, 0.1) is 11.8 Å². The Labute approximate surface area is 268 Å². The van der Waals surface area contributed by atoms with Crippen LogP contribution in [0.3, 0.4) is 0 Å². The van der Waals surface area contributed by atoms with Gasteiger partial charge in [0.25, 0.3) is 6.01 Å². The zero-order valence-corrected chi connectivity index (χ0v) is 27.1. The molecule has 2 saturated heterocycles. The molecule has 2 fully saturated rings. The molecule has 0 spiro atoms. The van der Waals surface area contributed by atoms with Crippen LogP contribution < -0.4 is 10.6 Å². The quantitative estimate of drug-likeness (QED) is 0.204. The highest BCUT2D eigenvalue weighted by molar-refractivity contribution is 7.89. The number of oxazole rings is 1. The van der Waals surface area contributed by atoms with Crippen LogP contribution in [0.1, 0.15) is 19.4 Å².